The van der Waals surface area contributed by atoms with Crippen molar-refractivity contribution in [3.05, 3.63) is 95.7 Å². The number of carbonyl (C=O) groups excluding carboxylic acids is 2. The average molecular weight is 506 g/mol. The van der Waals surface area contributed by atoms with Gasteiger partial charge in [0.2, 0.25) is 0 Å². The number of hydrogen-bond donors (Lipinski definition) is 2. The zero-order chi connectivity index (χ0) is 26.7. The van der Waals surface area contributed by atoms with Gasteiger partial charge in [0.15, 0.2) is 5.82 Å². The number of carbonyl (C=O) groups is 2. The average Bonchev–Trinajstić information content (AvgIpc) is 2.89. The molecule has 0 bridgehead atoms. The van der Waals surface area contributed by atoms with E-state index in [1.165, 1.54) is 69.8 Å². The Morgan fingerprint density at radius 2 is 1.54 bits per heavy atom. The Hall–Kier alpha value is -4.60. The molecule has 0 saturated heterocycles. The molecule has 0 unspecified atom stereocenters. The highest BCUT2D eigenvalue weighted by molar-refractivity contribution is 6.04. The van der Waals surface area contributed by atoms with Gasteiger partial charge >= 0.3 is 0 Å². The van der Waals surface area contributed by atoms with Gasteiger partial charge in [-0.2, -0.15) is 0 Å². The minimum atomic E-state index is -1.79. The van der Waals surface area contributed by atoms with E-state index in [0.717, 1.165) is 12.1 Å². The number of benzene rings is 1. The van der Waals surface area contributed by atoms with E-state index in [0.29, 0.717) is 16.8 Å². The predicted molar refractivity (Wildman–Crippen MR) is 133 cm³/mol. The largest absolute Gasteiger partial charge is 0.354 e. The molecule has 2 N–H and O–H groups in total. The second-order valence-electron chi connectivity index (χ2n) is 8.61. The summed E-state index contributed by atoms with van der Waals surface area (Å²) < 4.78 is 44.3. The van der Waals surface area contributed by atoms with Crippen LogP contribution in [0.4, 0.5) is 18.9 Å². The Labute approximate surface area is 210 Å². The van der Waals surface area contributed by atoms with Crippen molar-refractivity contribution >= 4 is 17.5 Å². The lowest BCUT2D eigenvalue weighted by atomic mass is 10.0. The summed E-state index contributed by atoms with van der Waals surface area (Å²) in [6.45, 7) is 2.59. The number of nitrogens with zero attached hydrogens (tertiary/aromatic N) is 3. The van der Waals surface area contributed by atoms with Gasteiger partial charge in [0.25, 0.3) is 11.8 Å². The van der Waals surface area contributed by atoms with Gasteiger partial charge in [0.1, 0.15) is 17.2 Å². The van der Waals surface area contributed by atoms with Crippen molar-refractivity contribution in [1.29, 1.82) is 0 Å². The third-order valence-electron chi connectivity index (χ3n) is 5.50. The van der Waals surface area contributed by atoms with Crippen molar-refractivity contribution in [2.75, 3.05) is 12.4 Å². The normalized spacial score (nSPS) is 11.2. The quantitative estimate of drug-likeness (QED) is 0.371. The third kappa shape index (κ3) is 5.64. The van der Waals surface area contributed by atoms with Crippen molar-refractivity contribution in [1.82, 2.24) is 20.3 Å². The summed E-state index contributed by atoms with van der Waals surface area (Å²) in [5.41, 5.74) is -0.810. The van der Waals surface area contributed by atoms with Crippen molar-refractivity contribution in [3.8, 4) is 22.4 Å². The molecule has 0 aliphatic heterocycles. The first-order valence-corrected chi connectivity index (χ1v) is 11.2. The van der Waals surface area contributed by atoms with E-state index in [2.05, 4.69) is 25.6 Å². The Balaban J connectivity index is 1.68. The van der Waals surface area contributed by atoms with Crippen LogP contribution in [0.1, 0.15) is 40.4 Å². The Kier molecular flexibility index (Phi) is 7.01. The molecule has 37 heavy (non-hydrogen) atoms. The first-order valence-electron chi connectivity index (χ1n) is 11.2. The van der Waals surface area contributed by atoms with Gasteiger partial charge in [0.05, 0.1) is 17.1 Å². The first kappa shape index (κ1) is 25.5. The second kappa shape index (κ2) is 10.2. The van der Waals surface area contributed by atoms with E-state index in [-0.39, 0.29) is 34.1 Å². The lowest BCUT2D eigenvalue weighted by Crippen LogP contribution is -2.19. The summed E-state index contributed by atoms with van der Waals surface area (Å²) in [5, 5.41) is 4.84. The number of hydrogen-bond acceptors (Lipinski definition) is 5. The van der Waals surface area contributed by atoms with Crippen LogP contribution in [0.5, 0.6) is 0 Å². The van der Waals surface area contributed by atoms with Gasteiger partial charge in [-0.05, 0) is 61.9 Å². The third-order valence-corrected chi connectivity index (χ3v) is 5.50. The van der Waals surface area contributed by atoms with Crippen molar-refractivity contribution in [2.24, 2.45) is 0 Å². The number of amides is 2. The lowest BCUT2D eigenvalue weighted by molar-refractivity contribution is 0.0957. The number of aromatic nitrogens is 3. The van der Waals surface area contributed by atoms with Crippen LogP contribution in [0.15, 0.2) is 67.1 Å². The highest BCUT2D eigenvalue weighted by Crippen LogP contribution is 2.32. The minimum Gasteiger partial charge on any atom is -0.354 e. The predicted octanol–water partition coefficient (Wildman–Crippen LogP) is 5.30. The fraction of sp³-hybridized carbons (Fsp3) is 0.148. The molecule has 0 aliphatic rings. The molecule has 0 saturated carbocycles. The van der Waals surface area contributed by atoms with E-state index in [4.69, 9.17) is 0 Å². The summed E-state index contributed by atoms with van der Waals surface area (Å²) in [4.78, 5) is 36.9. The van der Waals surface area contributed by atoms with Crippen LogP contribution in [-0.4, -0.2) is 33.8 Å². The SMILES string of the molecule is CNC(=O)c1cc(-c2cc(-c3cc(F)cc(NC(=O)c4ccnc(C(C)(C)F)c4)c3F)ccn2)ccn1. The van der Waals surface area contributed by atoms with Gasteiger partial charge in [-0.25, -0.2) is 13.2 Å². The standard InChI is InChI=1S/C27H22F3N5O2/c1-27(2,30)23-12-17(6-9-34-23)25(36)35-21-14-18(28)13-19(24(21)29)15-4-7-32-20(10-15)16-5-8-33-22(11-16)26(37)31-3/h4-14H,1-3H3,(H,31,37)(H,35,36). The Bertz CT molecular complexity index is 1500. The van der Waals surface area contributed by atoms with Gasteiger partial charge in [-0.3, -0.25) is 24.5 Å². The molecule has 3 heterocycles. The molecule has 4 aromatic rings. The highest BCUT2D eigenvalue weighted by Gasteiger charge is 2.23. The monoisotopic (exact) mass is 505 g/mol. The van der Waals surface area contributed by atoms with Crippen LogP contribution in [0.25, 0.3) is 22.4 Å². The number of pyridine rings is 3. The van der Waals surface area contributed by atoms with E-state index < -0.39 is 23.2 Å². The Morgan fingerprint density at radius 1 is 0.838 bits per heavy atom. The molecule has 2 amide bonds. The molecule has 0 aliphatic carbocycles. The number of alkyl halides is 1. The molecule has 7 nitrogen and oxygen atoms in total. The van der Waals surface area contributed by atoms with Crippen LogP contribution >= 0.6 is 0 Å². The smallest absolute Gasteiger partial charge is 0.269 e. The zero-order valence-corrected chi connectivity index (χ0v) is 20.1. The van der Waals surface area contributed by atoms with Crippen LogP contribution < -0.4 is 10.6 Å². The number of rotatable bonds is 6. The van der Waals surface area contributed by atoms with E-state index in [1.54, 1.807) is 6.07 Å². The van der Waals surface area contributed by atoms with Crippen molar-refractivity contribution < 1.29 is 22.8 Å². The van der Waals surface area contributed by atoms with Crippen LogP contribution in [0, 0.1) is 11.6 Å². The molecular formula is C27H22F3N5O2. The summed E-state index contributed by atoms with van der Waals surface area (Å²) >= 11 is 0. The van der Waals surface area contributed by atoms with Gasteiger partial charge < -0.3 is 10.6 Å². The maximum atomic E-state index is 15.5. The molecule has 0 fully saturated rings. The molecule has 10 heteroatoms. The molecule has 0 spiro atoms. The minimum absolute atomic E-state index is 0.0283. The summed E-state index contributed by atoms with van der Waals surface area (Å²) in [6, 6.07) is 10.6. The fourth-order valence-corrected chi connectivity index (χ4v) is 3.58. The summed E-state index contributed by atoms with van der Waals surface area (Å²) in [5.74, 6) is -2.78. The van der Waals surface area contributed by atoms with E-state index in [9.17, 15) is 18.4 Å². The Morgan fingerprint density at radius 3 is 2.27 bits per heavy atom. The van der Waals surface area contributed by atoms with Crippen LogP contribution in [0.3, 0.4) is 0 Å². The first-order chi connectivity index (χ1) is 17.6. The summed E-state index contributed by atoms with van der Waals surface area (Å²) in [7, 11) is 1.48. The maximum Gasteiger partial charge on any atom is 0.269 e. The van der Waals surface area contributed by atoms with E-state index >= 15 is 4.39 Å². The fourth-order valence-electron chi connectivity index (χ4n) is 3.58. The van der Waals surface area contributed by atoms with Gasteiger partial charge in [0, 0.05) is 48.4 Å². The van der Waals surface area contributed by atoms with Gasteiger partial charge in [-0.15, -0.1) is 0 Å². The number of nitrogens with one attached hydrogen (secondary N) is 2. The lowest BCUT2D eigenvalue weighted by Gasteiger charge is -2.15. The van der Waals surface area contributed by atoms with E-state index in [1.807, 2.05) is 0 Å². The second-order valence-corrected chi connectivity index (χ2v) is 8.61. The number of anilines is 1. The molecule has 1 aromatic carbocycles. The van der Waals surface area contributed by atoms with Crippen molar-refractivity contribution in [3.63, 3.8) is 0 Å². The van der Waals surface area contributed by atoms with Crippen LogP contribution in [-0.2, 0) is 5.67 Å². The molecular weight excluding hydrogens is 483 g/mol. The zero-order valence-electron chi connectivity index (χ0n) is 20.1. The molecule has 3 aromatic heterocycles. The molecule has 188 valence electrons. The summed E-state index contributed by atoms with van der Waals surface area (Å²) in [6.07, 6.45) is 4.13. The molecule has 4 rings (SSSR count). The van der Waals surface area contributed by atoms with Crippen LogP contribution in [0.2, 0.25) is 0 Å². The topological polar surface area (TPSA) is 96.9 Å². The highest BCUT2D eigenvalue weighted by atomic mass is 19.1. The van der Waals surface area contributed by atoms with Gasteiger partial charge in [-0.1, -0.05) is 0 Å². The molecule has 0 radical (unpaired) electrons. The molecule has 0 atom stereocenters. The number of halogens is 3. The van der Waals surface area contributed by atoms with Crippen molar-refractivity contribution in [2.45, 2.75) is 19.5 Å². The maximum absolute atomic E-state index is 15.5.